The number of halogens is 1. The van der Waals surface area contributed by atoms with E-state index in [1.165, 1.54) is 0 Å². The number of furan rings is 1. The van der Waals surface area contributed by atoms with Crippen molar-refractivity contribution in [2.24, 2.45) is 5.92 Å². The van der Waals surface area contributed by atoms with E-state index in [1.54, 1.807) is 17.6 Å². The van der Waals surface area contributed by atoms with Crippen LogP contribution in [0.3, 0.4) is 0 Å². The Morgan fingerprint density at radius 1 is 1.44 bits per heavy atom. The van der Waals surface area contributed by atoms with Gasteiger partial charge in [0.05, 0.1) is 11.8 Å². The fourth-order valence-corrected chi connectivity index (χ4v) is 2.62. The predicted octanol–water partition coefficient (Wildman–Crippen LogP) is 3.24. The topological polar surface area (TPSA) is 51.0 Å². The van der Waals surface area contributed by atoms with Crippen molar-refractivity contribution in [1.82, 2.24) is 15.5 Å². The lowest BCUT2D eigenvalue weighted by Crippen LogP contribution is -2.22. The third-order valence-corrected chi connectivity index (χ3v) is 3.69. The molecule has 2 rings (SSSR count). The second-order valence-electron chi connectivity index (χ2n) is 4.46. The van der Waals surface area contributed by atoms with Crippen molar-refractivity contribution < 1.29 is 4.42 Å². The first kappa shape index (κ1) is 13.5. The highest BCUT2D eigenvalue weighted by Gasteiger charge is 2.12. The normalized spacial score (nSPS) is 11.3. The quantitative estimate of drug-likeness (QED) is 0.828. The molecule has 0 unspecified atom stereocenters. The van der Waals surface area contributed by atoms with Crippen LogP contribution in [0.25, 0.3) is 10.6 Å². The number of rotatable bonds is 6. The zero-order valence-corrected chi connectivity index (χ0v) is 12.0. The number of hydrogen-bond donors (Lipinski definition) is 1. The smallest absolute Gasteiger partial charge is 0.203 e. The van der Waals surface area contributed by atoms with Gasteiger partial charge in [0, 0.05) is 13.0 Å². The molecule has 0 fully saturated rings. The SMILES string of the molecule is CC(C)CNCCc1nnc(-c2ccoc2Cl)s1. The molecular formula is C12H16ClN3OS. The van der Waals surface area contributed by atoms with Crippen LogP contribution in [0.15, 0.2) is 16.7 Å². The molecule has 0 saturated carbocycles. The average molecular weight is 286 g/mol. The molecule has 98 valence electrons. The van der Waals surface area contributed by atoms with Gasteiger partial charge in [-0.25, -0.2) is 0 Å². The van der Waals surface area contributed by atoms with Gasteiger partial charge in [-0.2, -0.15) is 0 Å². The van der Waals surface area contributed by atoms with E-state index in [0.717, 1.165) is 35.1 Å². The summed E-state index contributed by atoms with van der Waals surface area (Å²) in [7, 11) is 0. The Morgan fingerprint density at radius 3 is 2.94 bits per heavy atom. The second-order valence-corrected chi connectivity index (χ2v) is 5.86. The van der Waals surface area contributed by atoms with Crippen LogP contribution in [-0.2, 0) is 6.42 Å². The van der Waals surface area contributed by atoms with Crippen molar-refractivity contribution in [3.63, 3.8) is 0 Å². The molecule has 0 aliphatic heterocycles. The van der Waals surface area contributed by atoms with E-state index >= 15 is 0 Å². The minimum atomic E-state index is 0.371. The van der Waals surface area contributed by atoms with E-state index < -0.39 is 0 Å². The highest BCUT2D eigenvalue weighted by Crippen LogP contribution is 2.30. The molecule has 1 N–H and O–H groups in total. The molecule has 0 aromatic carbocycles. The van der Waals surface area contributed by atoms with Gasteiger partial charge in [0.2, 0.25) is 5.22 Å². The fraction of sp³-hybridized carbons (Fsp3) is 0.500. The van der Waals surface area contributed by atoms with Gasteiger partial charge < -0.3 is 9.73 Å². The van der Waals surface area contributed by atoms with Crippen LogP contribution in [0, 0.1) is 5.92 Å². The van der Waals surface area contributed by atoms with Gasteiger partial charge in [0.1, 0.15) is 5.01 Å². The van der Waals surface area contributed by atoms with Crippen LogP contribution in [0.2, 0.25) is 5.22 Å². The Hall–Kier alpha value is -0.910. The van der Waals surface area contributed by atoms with Crippen LogP contribution in [0.1, 0.15) is 18.9 Å². The molecule has 0 radical (unpaired) electrons. The minimum absolute atomic E-state index is 0.371. The highest BCUT2D eigenvalue weighted by atomic mass is 35.5. The van der Waals surface area contributed by atoms with E-state index in [-0.39, 0.29) is 0 Å². The molecule has 0 bridgehead atoms. The molecule has 18 heavy (non-hydrogen) atoms. The van der Waals surface area contributed by atoms with Crippen molar-refractivity contribution in [1.29, 1.82) is 0 Å². The molecule has 0 aliphatic carbocycles. The van der Waals surface area contributed by atoms with Crippen molar-refractivity contribution >= 4 is 22.9 Å². The first-order valence-corrected chi connectivity index (χ1v) is 7.12. The van der Waals surface area contributed by atoms with Crippen molar-refractivity contribution in [2.45, 2.75) is 20.3 Å². The standard InChI is InChI=1S/C12H16ClN3OS/c1-8(2)7-14-5-3-10-15-16-12(18-10)9-4-6-17-11(9)13/h4,6,8,14H,3,5,7H2,1-2H3. The minimum Gasteiger partial charge on any atom is -0.452 e. The van der Waals surface area contributed by atoms with Crippen LogP contribution in [0.4, 0.5) is 0 Å². The summed E-state index contributed by atoms with van der Waals surface area (Å²) in [5.74, 6) is 0.666. The third-order valence-electron chi connectivity index (χ3n) is 2.38. The Labute approximate surface area is 115 Å². The van der Waals surface area contributed by atoms with Crippen molar-refractivity contribution in [3.05, 3.63) is 22.6 Å². The zero-order chi connectivity index (χ0) is 13.0. The Balaban J connectivity index is 1.89. The molecule has 2 aromatic rings. The number of nitrogens with one attached hydrogen (secondary N) is 1. The van der Waals surface area contributed by atoms with Crippen LogP contribution < -0.4 is 5.32 Å². The fourth-order valence-electron chi connectivity index (χ4n) is 1.50. The molecule has 4 nitrogen and oxygen atoms in total. The monoisotopic (exact) mass is 285 g/mol. The molecule has 2 aromatic heterocycles. The van der Waals surface area contributed by atoms with E-state index in [1.807, 2.05) is 6.07 Å². The summed E-state index contributed by atoms with van der Waals surface area (Å²) in [5.41, 5.74) is 0.815. The van der Waals surface area contributed by atoms with E-state index in [0.29, 0.717) is 11.1 Å². The predicted molar refractivity (Wildman–Crippen MR) is 74.0 cm³/mol. The maximum Gasteiger partial charge on any atom is 0.203 e. The highest BCUT2D eigenvalue weighted by molar-refractivity contribution is 7.14. The summed E-state index contributed by atoms with van der Waals surface area (Å²) < 4.78 is 5.05. The molecule has 0 amide bonds. The summed E-state index contributed by atoms with van der Waals surface area (Å²) in [4.78, 5) is 0. The summed E-state index contributed by atoms with van der Waals surface area (Å²) in [6, 6.07) is 1.81. The van der Waals surface area contributed by atoms with E-state index in [9.17, 15) is 0 Å². The number of aromatic nitrogens is 2. The lowest BCUT2D eigenvalue weighted by atomic mass is 10.2. The van der Waals surface area contributed by atoms with Crippen molar-refractivity contribution in [3.8, 4) is 10.6 Å². The molecule has 0 atom stereocenters. The summed E-state index contributed by atoms with van der Waals surface area (Å²) in [6.45, 7) is 6.33. The van der Waals surface area contributed by atoms with Gasteiger partial charge >= 0.3 is 0 Å². The number of hydrogen-bond acceptors (Lipinski definition) is 5. The Kier molecular flexibility index (Phi) is 4.74. The molecule has 0 saturated heterocycles. The molecular weight excluding hydrogens is 270 g/mol. The van der Waals surface area contributed by atoms with Gasteiger partial charge in [0.15, 0.2) is 5.01 Å². The van der Waals surface area contributed by atoms with E-state index in [2.05, 4.69) is 29.4 Å². The largest absolute Gasteiger partial charge is 0.452 e. The molecule has 6 heteroatoms. The summed E-state index contributed by atoms with van der Waals surface area (Å²) in [6.07, 6.45) is 2.45. The third kappa shape index (κ3) is 3.54. The van der Waals surface area contributed by atoms with Crippen molar-refractivity contribution in [2.75, 3.05) is 13.1 Å². The first-order chi connectivity index (χ1) is 8.66. The average Bonchev–Trinajstić information content (AvgIpc) is 2.92. The lowest BCUT2D eigenvalue weighted by molar-refractivity contribution is 0.553. The summed E-state index contributed by atoms with van der Waals surface area (Å²) >= 11 is 7.46. The molecule has 0 spiro atoms. The summed E-state index contributed by atoms with van der Waals surface area (Å²) in [5, 5.41) is 13.9. The molecule has 2 heterocycles. The zero-order valence-electron chi connectivity index (χ0n) is 10.4. The maximum atomic E-state index is 5.91. The van der Waals surface area contributed by atoms with Gasteiger partial charge in [-0.15, -0.1) is 10.2 Å². The van der Waals surface area contributed by atoms with Crippen LogP contribution >= 0.6 is 22.9 Å². The Bertz CT molecular complexity index is 495. The van der Waals surface area contributed by atoms with Gasteiger partial charge in [-0.3, -0.25) is 0 Å². The lowest BCUT2D eigenvalue weighted by Gasteiger charge is -2.04. The first-order valence-electron chi connectivity index (χ1n) is 5.93. The van der Waals surface area contributed by atoms with Gasteiger partial charge in [-0.05, 0) is 30.1 Å². The Morgan fingerprint density at radius 2 is 2.28 bits per heavy atom. The van der Waals surface area contributed by atoms with Crippen LogP contribution in [-0.4, -0.2) is 23.3 Å². The van der Waals surface area contributed by atoms with Gasteiger partial charge in [0.25, 0.3) is 0 Å². The van der Waals surface area contributed by atoms with Crippen LogP contribution in [0.5, 0.6) is 0 Å². The second kappa shape index (κ2) is 6.31. The maximum absolute atomic E-state index is 5.91. The number of nitrogens with zero attached hydrogens (tertiary/aromatic N) is 2. The molecule has 0 aliphatic rings. The van der Waals surface area contributed by atoms with E-state index in [4.69, 9.17) is 16.0 Å². The van der Waals surface area contributed by atoms with Gasteiger partial charge in [-0.1, -0.05) is 25.2 Å².